The van der Waals surface area contributed by atoms with E-state index >= 15 is 0 Å². The standard InChI is InChI=1S/C17H30BrNO3/c1-13(14-5-6-14)11-21-17(12-18)7-9-19(10-8-17)15(20)22-16(2,3)4/h13-14H,5-12H2,1-4H3. The van der Waals surface area contributed by atoms with E-state index in [2.05, 4.69) is 22.9 Å². The fraction of sp³-hybridized carbons (Fsp3) is 0.941. The summed E-state index contributed by atoms with van der Waals surface area (Å²) in [6.07, 6.45) is 4.25. The number of piperidine rings is 1. The third kappa shape index (κ3) is 5.12. The molecule has 1 aliphatic carbocycles. The van der Waals surface area contributed by atoms with Crippen LogP contribution in [0.1, 0.15) is 53.4 Å². The van der Waals surface area contributed by atoms with Crippen molar-refractivity contribution < 1.29 is 14.3 Å². The van der Waals surface area contributed by atoms with E-state index in [1.54, 1.807) is 4.90 Å². The van der Waals surface area contributed by atoms with Gasteiger partial charge in [0.25, 0.3) is 0 Å². The smallest absolute Gasteiger partial charge is 0.410 e. The van der Waals surface area contributed by atoms with Gasteiger partial charge in [-0.2, -0.15) is 0 Å². The minimum absolute atomic E-state index is 0.123. The number of amides is 1. The molecule has 2 fully saturated rings. The Hall–Kier alpha value is -0.290. The van der Waals surface area contributed by atoms with Gasteiger partial charge in [0.1, 0.15) is 5.60 Å². The first-order chi connectivity index (χ1) is 10.2. The van der Waals surface area contributed by atoms with Gasteiger partial charge in [0.15, 0.2) is 0 Å². The van der Waals surface area contributed by atoms with Gasteiger partial charge < -0.3 is 14.4 Å². The molecule has 4 nitrogen and oxygen atoms in total. The number of ether oxygens (including phenoxy) is 2. The monoisotopic (exact) mass is 375 g/mol. The Labute approximate surface area is 143 Å². The second kappa shape index (κ2) is 7.08. The Kier molecular flexibility index (Phi) is 5.81. The number of nitrogens with zero attached hydrogens (tertiary/aromatic N) is 1. The maximum absolute atomic E-state index is 12.1. The summed E-state index contributed by atoms with van der Waals surface area (Å²) < 4.78 is 11.7. The van der Waals surface area contributed by atoms with Crippen LogP contribution in [0.2, 0.25) is 0 Å². The Morgan fingerprint density at radius 1 is 1.32 bits per heavy atom. The van der Waals surface area contributed by atoms with Crippen LogP contribution >= 0.6 is 15.9 Å². The van der Waals surface area contributed by atoms with E-state index in [-0.39, 0.29) is 11.7 Å². The van der Waals surface area contributed by atoms with Crippen molar-refractivity contribution in [3.8, 4) is 0 Å². The molecule has 0 N–H and O–H groups in total. The van der Waals surface area contributed by atoms with Gasteiger partial charge in [0.2, 0.25) is 0 Å². The van der Waals surface area contributed by atoms with Crippen molar-refractivity contribution in [3.05, 3.63) is 0 Å². The highest BCUT2D eigenvalue weighted by Crippen LogP contribution is 2.38. The van der Waals surface area contributed by atoms with E-state index in [1.165, 1.54) is 12.8 Å². The van der Waals surface area contributed by atoms with Gasteiger partial charge in [-0.1, -0.05) is 22.9 Å². The molecule has 0 aromatic heterocycles. The molecule has 1 unspecified atom stereocenters. The van der Waals surface area contributed by atoms with Gasteiger partial charge in [-0.25, -0.2) is 4.79 Å². The Morgan fingerprint density at radius 3 is 2.36 bits per heavy atom. The number of carbonyl (C=O) groups excluding carboxylic acids is 1. The summed E-state index contributed by atoms with van der Waals surface area (Å²) in [5.41, 5.74) is -0.557. The fourth-order valence-corrected chi connectivity index (χ4v) is 3.57. The van der Waals surface area contributed by atoms with Crippen molar-refractivity contribution in [3.63, 3.8) is 0 Å². The van der Waals surface area contributed by atoms with Gasteiger partial charge in [-0.3, -0.25) is 0 Å². The second-order valence-corrected chi connectivity index (χ2v) is 8.47. The van der Waals surface area contributed by atoms with Gasteiger partial charge in [-0.05, 0) is 58.3 Å². The Balaban J connectivity index is 1.81. The van der Waals surface area contributed by atoms with Crippen LogP contribution in [-0.4, -0.2) is 47.2 Å². The van der Waals surface area contributed by atoms with Crippen LogP contribution in [0, 0.1) is 11.8 Å². The van der Waals surface area contributed by atoms with E-state index in [9.17, 15) is 4.79 Å². The number of likely N-dealkylation sites (tertiary alicyclic amines) is 1. The topological polar surface area (TPSA) is 38.8 Å². The lowest BCUT2D eigenvalue weighted by Gasteiger charge is -2.41. The molecule has 0 bridgehead atoms. The number of carbonyl (C=O) groups is 1. The van der Waals surface area contributed by atoms with E-state index in [1.807, 2.05) is 20.8 Å². The molecule has 1 atom stereocenters. The quantitative estimate of drug-likeness (QED) is 0.675. The summed E-state index contributed by atoms with van der Waals surface area (Å²) in [4.78, 5) is 13.9. The Morgan fingerprint density at radius 2 is 1.91 bits per heavy atom. The number of alkyl halides is 1. The minimum Gasteiger partial charge on any atom is -0.444 e. The molecule has 0 aromatic rings. The average molecular weight is 376 g/mol. The minimum atomic E-state index is -0.433. The highest BCUT2D eigenvalue weighted by molar-refractivity contribution is 9.09. The molecule has 1 saturated carbocycles. The van der Waals surface area contributed by atoms with Crippen LogP contribution in [0.3, 0.4) is 0 Å². The van der Waals surface area contributed by atoms with Gasteiger partial charge in [0.05, 0.1) is 12.2 Å². The molecule has 1 heterocycles. The first kappa shape index (κ1) is 18.1. The molecule has 5 heteroatoms. The predicted octanol–water partition coefficient (Wildman–Crippen LogP) is 4.21. The van der Waals surface area contributed by atoms with Crippen LogP contribution in [-0.2, 0) is 9.47 Å². The van der Waals surface area contributed by atoms with E-state index in [0.717, 1.165) is 30.7 Å². The molecular weight excluding hydrogens is 346 g/mol. The van der Waals surface area contributed by atoms with Crippen LogP contribution in [0.4, 0.5) is 4.79 Å². The second-order valence-electron chi connectivity index (χ2n) is 7.91. The zero-order valence-electron chi connectivity index (χ0n) is 14.4. The molecule has 2 rings (SSSR count). The first-order valence-corrected chi connectivity index (χ1v) is 9.55. The lowest BCUT2D eigenvalue weighted by molar-refractivity contribution is -0.0802. The molecule has 22 heavy (non-hydrogen) atoms. The van der Waals surface area contributed by atoms with Crippen molar-refractivity contribution in [1.82, 2.24) is 4.90 Å². The third-order valence-corrected chi connectivity index (χ3v) is 5.67. The van der Waals surface area contributed by atoms with Crippen LogP contribution in [0.25, 0.3) is 0 Å². The number of hydrogen-bond donors (Lipinski definition) is 0. The zero-order chi connectivity index (χ0) is 16.4. The average Bonchev–Trinajstić information content (AvgIpc) is 3.28. The van der Waals surface area contributed by atoms with Crippen molar-refractivity contribution in [2.24, 2.45) is 11.8 Å². The highest BCUT2D eigenvalue weighted by atomic mass is 79.9. The molecule has 128 valence electrons. The zero-order valence-corrected chi connectivity index (χ0v) is 15.9. The summed E-state index contributed by atoms with van der Waals surface area (Å²) in [6, 6.07) is 0. The first-order valence-electron chi connectivity index (χ1n) is 8.42. The molecule has 1 aliphatic heterocycles. The van der Waals surface area contributed by atoms with E-state index < -0.39 is 5.60 Å². The lowest BCUT2D eigenvalue weighted by Crippen LogP contribution is -2.50. The highest BCUT2D eigenvalue weighted by Gasteiger charge is 2.38. The van der Waals surface area contributed by atoms with Crippen molar-refractivity contribution in [2.45, 2.75) is 64.6 Å². The van der Waals surface area contributed by atoms with Crippen LogP contribution in [0.5, 0.6) is 0 Å². The maximum atomic E-state index is 12.1. The predicted molar refractivity (Wildman–Crippen MR) is 91.4 cm³/mol. The summed E-state index contributed by atoms with van der Waals surface area (Å²) in [7, 11) is 0. The van der Waals surface area contributed by atoms with E-state index in [0.29, 0.717) is 19.0 Å². The molecule has 1 amide bonds. The summed E-state index contributed by atoms with van der Waals surface area (Å²) in [5, 5.41) is 0.833. The number of hydrogen-bond acceptors (Lipinski definition) is 3. The van der Waals surface area contributed by atoms with Gasteiger partial charge in [-0.15, -0.1) is 0 Å². The van der Waals surface area contributed by atoms with Crippen molar-refractivity contribution >= 4 is 22.0 Å². The largest absolute Gasteiger partial charge is 0.444 e. The molecule has 1 saturated heterocycles. The summed E-state index contributed by atoms with van der Waals surface area (Å²) >= 11 is 3.62. The SMILES string of the molecule is CC(COC1(CBr)CCN(C(=O)OC(C)(C)C)CC1)C1CC1. The van der Waals surface area contributed by atoms with E-state index in [4.69, 9.17) is 9.47 Å². The summed E-state index contributed by atoms with van der Waals surface area (Å²) in [6.45, 7) is 10.2. The molecule has 0 spiro atoms. The van der Waals surface area contributed by atoms with Crippen molar-refractivity contribution in [2.75, 3.05) is 25.0 Å². The molecule has 0 radical (unpaired) electrons. The normalized spacial score (nSPS) is 23.2. The van der Waals surface area contributed by atoms with Gasteiger partial charge >= 0.3 is 6.09 Å². The van der Waals surface area contributed by atoms with Crippen LogP contribution in [0.15, 0.2) is 0 Å². The Bertz CT molecular complexity index is 382. The lowest BCUT2D eigenvalue weighted by atomic mass is 9.93. The van der Waals surface area contributed by atoms with Crippen LogP contribution < -0.4 is 0 Å². The number of rotatable bonds is 5. The summed E-state index contributed by atoms with van der Waals surface area (Å²) in [5.74, 6) is 1.52. The third-order valence-electron chi connectivity index (χ3n) is 4.65. The van der Waals surface area contributed by atoms with Gasteiger partial charge in [0, 0.05) is 18.4 Å². The fourth-order valence-electron chi connectivity index (χ4n) is 2.85. The van der Waals surface area contributed by atoms with Crippen molar-refractivity contribution in [1.29, 1.82) is 0 Å². The molecule has 0 aromatic carbocycles. The molecule has 2 aliphatic rings. The molecular formula is C17H30BrNO3. The maximum Gasteiger partial charge on any atom is 0.410 e. The number of halogens is 1.